The van der Waals surface area contributed by atoms with E-state index in [1.165, 1.54) is 0 Å². The van der Waals surface area contributed by atoms with Gasteiger partial charge in [0.05, 0.1) is 6.04 Å². The first-order valence-corrected chi connectivity index (χ1v) is 9.88. The summed E-state index contributed by atoms with van der Waals surface area (Å²) in [5, 5.41) is 9.30. The Morgan fingerprint density at radius 1 is 1.14 bits per heavy atom. The highest BCUT2D eigenvalue weighted by atomic mass is 35.5. The number of hydrogen-bond acceptors (Lipinski definition) is 5. The predicted octanol–water partition coefficient (Wildman–Crippen LogP) is 1.90. The largest absolute Gasteiger partial charge is 0.384 e. The molecular formula is C21H28ClN5O2. The van der Waals surface area contributed by atoms with Gasteiger partial charge in [0.15, 0.2) is 0 Å². The lowest BCUT2D eigenvalue weighted by molar-refractivity contribution is -0.130. The molecule has 0 saturated carbocycles. The zero-order chi connectivity index (χ0) is 21.4. The lowest BCUT2D eigenvalue weighted by atomic mass is 10.0. The minimum absolute atomic E-state index is 0.0794. The lowest BCUT2D eigenvalue weighted by Crippen LogP contribution is -2.54. The van der Waals surface area contributed by atoms with E-state index in [-0.39, 0.29) is 24.3 Å². The van der Waals surface area contributed by atoms with Crippen LogP contribution in [0.5, 0.6) is 0 Å². The second kappa shape index (κ2) is 10.8. The highest BCUT2D eigenvalue weighted by molar-refractivity contribution is 6.30. The fourth-order valence-corrected chi connectivity index (χ4v) is 3.20. The van der Waals surface area contributed by atoms with Gasteiger partial charge in [-0.15, -0.1) is 0 Å². The monoisotopic (exact) mass is 417 g/mol. The summed E-state index contributed by atoms with van der Waals surface area (Å²) in [6.45, 7) is 4.18. The molecule has 1 aromatic carbocycles. The summed E-state index contributed by atoms with van der Waals surface area (Å²) in [5.41, 5.74) is 7.26. The van der Waals surface area contributed by atoms with Crippen LogP contribution in [0.15, 0.2) is 42.6 Å². The van der Waals surface area contributed by atoms with Crippen molar-refractivity contribution >= 4 is 29.2 Å². The van der Waals surface area contributed by atoms with E-state index >= 15 is 0 Å². The Labute approximate surface area is 176 Å². The van der Waals surface area contributed by atoms with E-state index in [0.29, 0.717) is 17.3 Å². The molecule has 0 fully saturated rings. The Bertz CT molecular complexity index is 826. The number of benzene rings is 1. The summed E-state index contributed by atoms with van der Waals surface area (Å²) < 4.78 is 0. The van der Waals surface area contributed by atoms with Crippen LogP contribution in [-0.2, 0) is 22.6 Å². The van der Waals surface area contributed by atoms with Gasteiger partial charge in [-0.05, 0) is 42.3 Å². The summed E-state index contributed by atoms with van der Waals surface area (Å²) >= 11 is 6.07. The van der Waals surface area contributed by atoms with Gasteiger partial charge in [-0.25, -0.2) is 4.98 Å². The molecule has 7 nitrogen and oxygen atoms in total. The first-order chi connectivity index (χ1) is 13.8. The Hall–Kier alpha value is -2.64. The molecule has 1 aromatic heterocycles. The summed E-state index contributed by atoms with van der Waals surface area (Å²) in [6.07, 6.45) is 1.93. The van der Waals surface area contributed by atoms with Crippen LogP contribution in [0.1, 0.15) is 25.0 Å². The van der Waals surface area contributed by atoms with Crippen LogP contribution in [-0.4, -0.2) is 35.9 Å². The topological polar surface area (TPSA) is 109 Å². The summed E-state index contributed by atoms with van der Waals surface area (Å²) in [6, 6.07) is 9.58. The third-order valence-electron chi connectivity index (χ3n) is 4.54. The van der Waals surface area contributed by atoms with Crippen molar-refractivity contribution in [2.75, 3.05) is 12.8 Å². The first-order valence-electron chi connectivity index (χ1n) is 9.50. The average Bonchev–Trinajstić information content (AvgIpc) is 2.67. The van der Waals surface area contributed by atoms with E-state index in [1.54, 1.807) is 37.5 Å². The van der Waals surface area contributed by atoms with Crippen LogP contribution in [0.25, 0.3) is 0 Å². The van der Waals surface area contributed by atoms with Gasteiger partial charge in [-0.2, -0.15) is 0 Å². The number of aromatic nitrogens is 1. The van der Waals surface area contributed by atoms with Gasteiger partial charge >= 0.3 is 0 Å². The van der Waals surface area contributed by atoms with E-state index in [0.717, 1.165) is 11.1 Å². The number of carbonyl (C=O) groups is 2. The lowest BCUT2D eigenvalue weighted by Gasteiger charge is -2.24. The van der Waals surface area contributed by atoms with Crippen molar-refractivity contribution in [3.63, 3.8) is 0 Å². The van der Waals surface area contributed by atoms with Gasteiger partial charge in [0.1, 0.15) is 11.9 Å². The molecule has 0 aliphatic rings. The van der Waals surface area contributed by atoms with Gasteiger partial charge in [-0.3, -0.25) is 9.59 Å². The number of anilines is 1. The molecule has 29 heavy (non-hydrogen) atoms. The number of nitrogens with two attached hydrogens (primary N) is 1. The maximum atomic E-state index is 12.9. The fraction of sp³-hybridized carbons (Fsp3) is 0.381. The molecule has 2 aromatic rings. The number of nitrogens with one attached hydrogen (secondary N) is 3. The number of hydrogen-bond donors (Lipinski definition) is 4. The zero-order valence-electron chi connectivity index (χ0n) is 16.9. The maximum absolute atomic E-state index is 12.9. The molecule has 0 bridgehead atoms. The van der Waals surface area contributed by atoms with Crippen molar-refractivity contribution < 1.29 is 9.59 Å². The molecule has 0 radical (unpaired) electrons. The highest BCUT2D eigenvalue weighted by Gasteiger charge is 2.26. The third kappa shape index (κ3) is 7.03. The molecule has 0 unspecified atom stereocenters. The number of carbonyl (C=O) groups excluding carboxylic acids is 2. The average molecular weight is 418 g/mol. The molecule has 0 spiro atoms. The number of likely N-dealkylation sites (N-methyl/N-ethyl adjacent to an activating group) is 1. The Morgan fingerprint density at radius 3 is 2.48 bits per heavy atom. The first kappa shape index (κ1) is 22.6. The van der Waals surface area contributed by atoms with Crippen molar-refractivity contribution in [2.24, 2.45) is 5.92 Å². The second-order valence-electron chi connectivity index (χ2n) is 7.21. The predicted molar refractivity (Wildman–Crippen MR) is 115 cm³/mol. The van der Waals surface area contributed by atoms with E-state index < -0.39 is 12.1 Å². The molecule has 156 valence electrons. The van der Waals surface area contributed by atoms with Crippen molar-refractivity contribution in [3.05, 3.63) is 58.7 Å². The number of rotatable bonds is 9. The van der Waals surface area contributed by atoms with Crippen LogP contribution in [0, 0.1) is 5.92 Å². The van der Waals surface area contributed by atoms with Gasteiger partial charge in [0.25, 0.3) is 0 Å². The number of halogens is 1. The number of amides is 2. The molecule has 0 saturated heterocycles. The van der Waals surface area contributed by atoms with Crippen molar-refractivity contribution in [3.8, 4) is 0 Å². The zero-order valence-corrected chi connectivity index (χ0v) is 17.7. The minimum Gasteiger partial charge on any atom is -0.384 e. The molecule has 2 amide bonds. The Balaban J connectivity index is 2.12. The van der Waals surface area contributed by atoms with E-state index in [9.17, 15) is 9.59 Å². The molecule has 2 atom stereocenters. The standard InChI is InChI=1S/C21H28ClN5O2/c1-13(2)19(24-3)21(29)27-17(10-14-5-4-6-16(22)9-14)20(28)26-12-15-7-8-18(23)25-11-15/h4-9,11,13,17,19,24H,10,12H2,1-3H3,(H2,23,25)(H,26,28)(H,27,29)/t17-,19+/m0/s1. The van der Waals surface area contributed by atoms with Gasteiger partial charge in [0.2, 0.25) is 11.8 Å². The second-order valence-corrected chi connectivity index (χ2v) is 7.65. The molecule has 5 N–H and O–H groups in total. The number of nitrogen functional groups attached to an aromatic ring is 1. The van der Waals surface area contributed by atoms with Crippen molar-refractivity contribution in [2.45, 2.75) is 38.9 Å². The fourth-order valence-electron chi connectivity index (χ4n) is 2.99. The van der Waals surface area contributed by atoms with Crippen molar-refractivity contribution in [1.82, 2.24) is 20.9 Å². The smallest absolute Gasteiger partial charge is 0.243 e. The molecule has 0 aliphatic carbocycles. The van der Waals surface area contributed by atoms with Crippen molar-refractivity contribution in [1.29, 1.82) is 0 Å². The summed E-state index contributed by atoms with van der Waals surface area (Å²) in [7, 11) is 1.73. The highest BCUT2D eigenvalue weighted by Crippen LogP contribution is 2.13. The molecule has 2 rings (SSSR count). The Kier molecular flexibility index (Phi) is 8.42. The van der Waals surface area contributed by atoms with E-state index in [4.69, 9.17) is 17.3 Å². The quantitative estimate of drug-likeness (QED) is 0.498. The molecule has 8 heteroatoms. The van der Waals surface area contributed by atoms with Crippen LogP contribution in [0.3, 0.4) is 0 Å². The number of nitrogens with zero attached hydrogens (tertiary/aromatic N) is 1. The van der Waals surface area contributed by atoms with Crippen LogP contribution in [0.2, 0.25) is 5.02 Å². The van der Waals surface area contributed by atoms with Crippen LogP contribution < -0.4 is 21.7 Å². The minimum atomic E-state index is -0.739. The van der Waals surface area contributed by atoms with E-state index in [1.807, 2.05) is 26.0 Å². The molecule has 0 aliphatic heterocycles. The molecular weight excluding hydrogens is 390 g/mol. The number of pyridine rings is 1. The van der Waals surface area contributed by atoms with Gasteiger partial charge < -0.3 is 21.7 Å². The summed E-state index contributed by atoms with van der Waals surface area (Å²) in [4.78, 5) is 29.6. The Morgan fingerprint density at radius 2 is 1.90 bits per heavy atom. The van der Waals surface area contributed by atoms with Gasteiger partial charge in [0, 0.05) is 24.2 Å². The normalized spacial score (nSPS) is 13.0. The third-order valence-corrected chi connectivity index (χ3v) is 4.77. The molecule has 1 heterocycles. The van der Waals surface area contributed by atoms with Crippen LogP contribution in [0.4, 0.5) is 5.82 Å². The van der Waals surface area contributed by atoms with E-state index in [2.05, 4.69) is 20.9 Å². The summed E-state index contributed by atoms with van der Waals surface area (Å²) in [5.74, 6) is -0.0127. The van der Waals surface area contributed by atoms with Crippen LogP contribution >= 0.6 is 11.6 Å². The SMILES string of the molecule is CN[C@@H](C(=O)N[C@@H](Cc1cccc(Cl)c1)C(=O)NCc1ccc(N)nc1)C(C)C. The van der Waals surface area contributed by atoms with Gasteiger partial charge in [-0.1, -0.05) is 43.6 Å². The maximum Gasteiger partial charge on any atom is 0.243 e.